The SMILES string of the molecule is O=C(CCNS(=O)(=O)c1ccccc1)NCCC1=CCCCC1. The van der Waals surface area contributed by atoms with Crippen LogP contribution in [0.25, 0.3) is 0 Å². The van der Waals surface area contributed by atoms with Crippen molar-refractivity contribution in [3.63, 3.8) is 0 Å². The van der Waals surface area contributed by atoms with E-state index in [1.807, 2.05) is 0 Å². The molecule has 126 valence electrons. The molecule has 1 aromatic rings. The number of nitrogens with one attached hydrogen (secondary N) is 2. The summed E-state index contributed by atoms with van der Waals surface area (Å²) in [5.74, 6) is -0.128. The number of hydrogen-bond donors (Lipinski definition) is 2. The highest BCUT2D eigenvalue weighted by Gasteiger charge is 2.13. The predicted molar refractivity (Wildman–Crippen MR) is 90.4 cm³/mol. The Labute approximate surface area is 138 Å². The average Bonchev–Trinajstić information content (AvgIpc) is 2.56. The highest BCUT2D eigenvalue weighted by Crippen LogP contribution is 2.19. The number of hydrogen-bond acceptors (Lipinski definition) is 3. The van der Waals surface area contributed by atoms with Crippen molar-refractivity contribution in [1.82, 2.24) is 10.0 Å². The van der Waals surface area contributed by atoms with Gasteiger partial charge in [0.05, 0.1) is 4.90 Å². The first kappa shape index (κ1) is 17.7. The fraction of sp³-hybridized carbons (Fsp3) is 0.471. The predicted octanol–water partition coefficient (Wildman–Crippen LogP) is 2.36. The lowest BCUT2D eigenvalue weighted by Gasteiger charge is -2.13. The molecular formula is C17H24N2O3S. The van der Waals surface area contributed by atoms with Crippen molar-refractivity contribution >= 4 is 15.9 Å². The number of rotatable bonds is 8. The molecule has 2 N–H and O–H groups in total. The normalized spacial score (nSPS) is 15.0. The van der Waals surface area contributed by atoms with Gasteiger partial charge in [-0.15, -0.1) is 0 Å². The van der Waals surface area contributed by atoms with E-state index in [-0.39, 0.29) is 23.8 Å². The summed E-state index contributed by atoms with van der Waals surface area (Å²) in [6.07, 6.45) is 8.08. The van der Waals surface area contributed by atoms with E-state index in [2.05, 4.69) is 16.1 Å². The van der Waals surface area contributed by atoms with Crippen LogP contribution in [-0.2, 0) is 14.8 Å². The number of benzene rings is 1. The zero-order chi connectivity index (χ0) is 16.5. The van der Waals surface area contributed by atoms with E-state index in [1.165, 1.54) is 30.5 Å². The van der Waals surface area contributed by atoms with Gasteiger partial charge in [-0.25, -0.2) is 13.1 Å². The largest absolute Gasteiger partial charge is 0.356 e. The fourth-order valence-electron chi connectivity index (χ4n) is 2.56. The van der Waals surface area contributed by atoms with Gasteiger partial charge in [-0.1, -0.05) is 29.8 Å². The van der Waals surface area contributed by atoms with E-state index in [0.29, 0.717) is 6.54 Å². The van der Waals surface area contributed by atoms with Gasteiger partial charge in [0.15, 0.2) is 0 Å². The van der Waals surface area contributed by atoms with Crippen LogP contribution in [0.2, 0.25) is 0 Å². The van der Waals surface area contributed by atoms with Crippen LogP contribution in [0.1, 0.15) is 38.5 Å². The number of amides is 1. The van der Waals surface area contributed by atoms with Crippen LogP contribution >= 0.6 is 0 Å². The van der Waals surface area contributed by atoms with Gasteiger partial charge in [0.25, 0.3) is 0 Å². The smallest absolute Gasteiger partial charge is 0.240 e. The van der Waals surface area contributed by atoms with E-state index < -0.39 is 10.0 Å². The summed E-state index contributed by atoms with van der Waals surface area (Å²) in [6.45, 7) is 0.724. The molecule has 23 heavy (non-hydrogen) atoms. The van der Waals surface area contributed by atoms with Gasteiger partial charge >= 0.3 is 0 Å². The Morgan fingerprint density at radius 2 is 1.87 bits per heavy atom. The average molecular weight is 336 g/mol. The van der Waals surface area contributed by atoms with Crippen molar-refractivity contribution in [3.05, 3.63) is 42.0 Å². The van der Waals surface area contributed by atoms with Gasteiger partial charge in [-0.3, -0.25) is 4.79 Å². The molecule has 0 atom stereocenters. The van der Waals surface area contributed by atoms with Crippen LogP contribution in [0.15, 0.2) is 46.9 Å². The van der Waals surface area contributed by atoms with Crippen LogP contribution in [0.4, 0.5) is 0 Å². The lowest BCUT2D eigenvalue weighted by atomic mass is 9.97. The third kappa shape index (κ3) is 6.15. The van der Waals surface area contributed by atoms with Crippen LogP contribution in [0.3, 0.4) is 0 Å². The summed E-state index contributed by atoms with van der Waals surface area (Å²) in [6, 6.07) is 8.15. The molecule has 1 aliphatic carbocycles. The van der Waals surface area contributed by atoms with Gasteiger partial charge in [-0.2, -0.15) is 0 Å². The second kappa shape index (κ2) is 8.84. The van der Waals surface area contributed by atoms with Crippen molar-refractivity contribution in [2.24, 2.45) is 0 Å². The molecule has 0 heterocycles. The minimum Gasteiger partial charge on any atom is -0.356 e. The lowest BCUT2D eigenvalue weighted by Crippen LogP contribution is -2.31. The summed E-state index contributed by atoms with van der Waals surface area (Å²) in [7, 11) is -3.53. The first-order chi connectivity index (χ1) is 11.1. The second-order valence-electron chi connectivity index (χ2n) is 5.67. The molecule has 1 aliphatic rings. The molecule has 0 bridgehead atoms. The van der Waals surface area contributed by atoms with Crippen LogP contribution in [-0.4, -0.2) is 27.4 Å². The van der Waals surface area contributed by atoms with E-state index in [9.17, 15) is 13.2 Å². The highest BCUT2D eigenvalue weighted by molar-refractivity contribution is 7.89. The molecule has 5 nitrogen and oxygen atoms in total. The van der Waals surface area contributed by atoms with E-state index in [4.69, 9.17) is 0 Å². The third-order valence-electron chi connectivity index (χ3n) is 3.85. The molecule has 1 aromatic carbocycles. The number of sulfonamides is 1. The zero-order valence-electron chi connectivity index (χ0n) is 13.3. The molecule has 0 unspecified atom stereocenters. The Balaban J connectivity index is 1.65. The molecule has 0 aliphatic heterocycles. The molecule has 0 spiro atoms. The standard InChI is InChI=1S/C17H24N2O3S/c20-17(18-13-11-15-7-3-1-4-8-15)12-14-19-23(21,22)16-9-5-2-6-10-16/h2,5-7,9-10,19H,1,3-4,8,11-14H2,(H,18,20). The minimum atomic E-state index is -3.53. The Kier molecular flexibility index (Phi) is 6.80. The highest BCUT2D eigenvalue weighted by atomic mass is 32.2. The van der Waals surface area contributed by atoms with Crippen molar-refractivity contribution in [3.8, 4) is 0 Å². The summed E-state index contributed by atoms with van der Waals surface area (Å²) in [4.78, 5) is 12.0. The van der Waals surface area contributed by atoms with E-state index >= 15 is 0 Å². The molecule has 0 saturated carbocycles. The molecule has 1 amide bonds. The summed E-state index contributed by atoms with van der Waals surface area (Å²) in [5.41, 5.74) is 1.42. The van der Waals surface area contributed by atoms with Gasteiger partial charge in [0.2, 0.25) is 15.9 Å². The Morgan fingerprint density at radius 3 is 2.57 bits per heavy atom. The molecule has 0 radical (unpaired) electrons. The Morgan fingerprint density at radius 1 is 1.09 bits per heavy atom. The Bertz CT molecular complexity index is 639. The van der Waals surface area contributed by atoms with Crippen LogP contribution < -0.4 is 10.0 Å². The summed E-state index contributed by atoms with van der Waals surface area (Å²) < 4.78 is 26.4. The number of allylic oxidation sites excluding steroid dienone is 1. The zero-order valence-corrected chi connectivity index (χ0v) is 14.1. The van der Waals surface area contributed by atoms with E-state index in [0.717, 1.165) is 19.3 Å². The first-order valence-corrected chi connectivity index (χ1v) is 9.55. The number of carbonyl (C=O) groups is 1. The topological polar surface area (TPSA) is 75.3 Å². The van der Waals surface area contributed by atoms with Gasteiger partial charge < -0.3 is 5.32 Å². The quantitative estimate of drug-likeness (QED) is 0.716. The maximum absolute atomic E-state index is 12.0. The molecule has 0 saturated heterocycles. The Hall–Kier alpha value is -1.66. The summed E-state index contributed by atoms with van der Waals surface area (Å²) in [5, 5.41) is 2.84. The molecule has 6 heteroatoms. The maximum Gasteiger partial charge on any atom is 0.240 e. The first-order valence-electron chi connectivity index (χ1n) is 8.07. The number of carbonyl (C=O) groups excluding carboxylic acids is 1. The van der Waals surface area contributed by atoms with E-state index in [1.54, 1.807) is 18.2 Å². The minimum absolute atomic E-state index is 0.103. The van der Waals surface area contributed by atoms with Crippen molar-refractivity contribution in [2.45, 2.75) is 43.4 Å². The van der Waals surface area contributed by atoms with Crippen molar-refractivity contribution in [2.75, 3.05) is 13.1 Å². The second-order valence-corrected chi connectivity index (χ2v) is 7.44. The molecule has 2 rings (SSSR count). The van der Waals surface area contributed by atoms with Gasteiger partial charge in [-0.05, 0) is 44.2 Å². The molecule has 0 fully saturated rings. The fourth-order valence-corrected chi connectivity index (χ4v) is 3.62. The molecule has 0 aromatic heterocycles. The maximum atomic E-state index is 12.0. The summed E-state index contributed by atoms with van der Waals surface area (Å²) >= 11 is 0. The monoisotopic (exact) mass is 336 g/mol. The van der Waals surface area contributed by atoms with Crippen molar-refractivity contribution < 1.29 is 13.2 Å². The van der Waals surface area contributed by atoms with Crippen molar-refractivity contribution in [1.29, 1.82) is 0 Å². The lowest BCUT2D eigenvalue weighted by molar-refractivity contribution is -0.120. The van der Waals surface area contributed by atoms with Gasteiger partial charge in [0.1, 0.15) is 0 Å². The van der Waals surface area contributed by atoms with Crippen LogP contribution in [0, 0.1) is 0 Å². The third-order valence-corrected chi connectivity index (χ3v) is 5.33. The van der Waals surface area contributed by atoms with Gasteiger partial charge in [0, 0.05) is 19.5 Å². The van der Waals surface area contributed by atoms with Crippen LogP contribution in [0.5, 0.6) is 0 Å². The molecular weight excluding hydrogens is 312 g/mol.